The zero-order valence-corrected chi connectivity index (χ0v) is 9.13. The van der Waals surface area contributed by atoms with Crippen LogP contribution in [0.3, 0.4) is 0 Å². The number of furan rings is 1. The molecule has 0 unspecified atom stereocenters. The molecule has 0 aliphatic carbocycles. The Balaban J connectivity index is 1.78. The molecule has 0 saturated heterocycles. The van der Waals surface area contributed by atoms with Gasteiger partial charge in [-0.15, -0.1) is 11.3 Å². The fourth-order valence-electron chi connectivity index (χ4n) is 1.26. The van der Waals surface area contributed by atoms with Gasteiger partial charge in [0.05, 0.1) is 12.9 Å². The Labute approximate surface area is 92.5 Å². The van der Waals surface area contributed by atoms with Crippen LogP contribution < -0.4 is 5.73 Å². The minimum Gasteiger partial charge on any atom is -0.467 e. The monoisotopic (exact) mass is 223 g/mol. The first-order valence-corrected chi connectivity index (χ1v) is 5.63. The smallest absolute Gasteiger partial charge is 0.129 e. The summed E-state index contributed by atoms with van der Waals surface area (Å²) in [6.45, 7) is 1.64. The largest absolute Gasteiger partial charge is 0.467 e. The lowest BCUT2D eigenvalue weighted by Gasteiger charge is -1.98. The van der Waals surface area contributed by atoms with Crippen molar-refractivity contribution >= 4 is 11.3 Å². The summed E-state index contributed by atoms with van der Waals surface area (Å²) < 4.78 is 10.8. The number of nitrogens with two attached hydrogens (primary N) is 1. The second kappa shape index (κ2) is 5.11. The summed E-state index contributed by atoms with van der Waals surface area (Å²) in [6, 6.07) is 6.00. The van der Waals surface area contributed by atoms with E-state index >= 15 is 0 Å². The number of hydrogen-bond acceptors (Lipinski definition) is 4. The molecule has 3 nitrogen and oxygen atoms in total. The van der Waals surface area contributed by atoms with Crippen LogP contribution in [0, 0.1) is 0 Å². The lowest BCUT2D eigenvalue weighted by molar-refractivity contribution is 0.0948. The number of thiophene rings is 1. The molecule has 0 aliphatic heterocycles. The van der Waals surface area contributed by atoms with E-state index in [0.29, 0.717) is 19.8 Å². The van der Waals surface area contributed by atoms with Crippen molar-refractivity contribution in [1.82, 2.24) is 0 Å². The van der Waals surface area contributed by atoms with Gasteiger partial charge in [-0.2, -0.15) is 0 Å². The summed E-state index contributed by atoms with van der Waals surface area (Å²) in [7, 11) is 0. The Morgan fingerprint density at radius 2 is 2.33 bits per heavy atom. The van der Waals surface area contributed by atoms with E-state index in [0.717, 1.165) is 11.3 Å². The Morgan fingerprint density at radius 3 is 3.00 bits per heavy atom. The second-order valence-corrected chi connectivity index (χ2v) is 4.23. The second-order valence-electron chi connectivity index (χ2n) is 3.20. The molecule has 80 valence electrons. The lowest BCUT2D eigenvalue weighted by Crippen LogP contribution is -1.93. The van der Waals surface area contributed by atoms with Crippen LogP contribution >= 0.6 is 11.3 Å². The molecule has 0 spiro atoms. The molecule has 4 heteroatoms. The summed E-state index contributed by atoms with van der Waals surface area (Å²) in [6.07, 6.45) is 1.67. The molecule has 0 aliphatic rings. The zero-order valence-electron chi connectivity index (χ0n) is 8.31. The van der Waals surface area contributed by atoms with Crippen molar-refractivity contribution in [3.8, 4) is 0 Å². The van der Waals surface area contributed by atoms with Gasteiger partial charge in [-0.1, -0.05) is 6.07 Å². The summed E-state index contributed by atoms with van der Waals surface area (Å²) in [5.41, 5.74) is 6.47. The van der Waals surface area contributed by atoms with Crippen molar-refractivity contribution in [2.24, 2.45) is 5.73 Å². The zero-order chi connectivity index (χ0) is 10.5. The molecule has 0 radical (unpaired) electrons. The van der Waals surface area contributed by atoms with Crippen molar-refractivity contribution in [3.63, 3.8) is 0 Å². The Hall–Kier alpha value is -1.10. The van der Waals surface area contributed by atoms with Crippen molar-refractivity contribution in [2.75, 3.05) is 0 Å². The number of hydrogen-bond donors (Lipinski definition) is 1. The molecule has 0 atom stereocenters. The molecule has 0 saturated carbocycles. The molecule has 0 aromatic carbocycles. The maximum absolute atomic E-state index is 5.50. The summed E-state index contributed by atoms with van der Waals surface area (Å²) in [5.74, 6) is 0.826. The van der Waals surface area contributed by atoms with Gasteiger partial charge in [-0.25, -0.2) is 0 Å². The van der Waals surface area contributed by atoms with E-state index in [1.165, 1.54) is 4.88 Å². The van der Waals surface area contributed by atoms with Gasteiger partial charge in [0, 0.05) is 17.0 Å². The third-order valence-electron chi connectivity index (χ3n) is 2.01. The molecular formula is C11H13NO2S. The molecule has 2 aromatic heterocycles. The molecule has 0 bridgehead atoms. The lowest BCUT2D eigenvalue weighted by atomic mass is 10.3. The summed E-state index contributed by atoms with van der Waals surface area (Å²) in [4.78, 5) is 1.22. The Morgan fingerprint density at radius 1 is 1.40 bits per heavy atom. The Kier molecular flexibility index (Phi) is 3.55. The van der Waals surface area contributed by atoms with E-state index < -0.39 is 0 Å². The minimum atomic E-state index is 0.498. The van der Waals surface area contributed by atoms with Crippen LogP contribution in [0.4, 0.5) is 0 Å². The SMILES string of the molecule is NCc1coc(COCc2cccs2)c1. The van der Waals surface area contributed by atoms with E-state index in [1.807, 2.05) is 17.5 Å². The van der Waals surface area contributed by atoms with Gasteiger partial charge in [0.2, 0.25) is 0 Å². The van der Waals surface area contributed by atoms with Crippen molar-refractivity contribution in [3.05, 3.63) is 46.0 Å². The van der Waals surface area contributed by atoms with Gasteiger partial charge in [0.1, 0.15) is 12.4 Å². The van der Waals surface area contributed by atoms with Crippen molar-refractivity contribution < 1.29 is 9.15 Å². The van der Waals surface area contributed by atoms with Crippen LogP contribution in [0.5, 0.6) is 0 Å². The van der Waals surface area contributed by atoms with Crippen LogP contribution in [0.25, 0.3) is 0 Å². The highest BCUT2D eigenvalue weighted by Crippen LogP contribution is 2.12. The van der Waals surface area contributed by atoms with Crippen LogP contribution in [-0.2, 0) is 24.5 Å². The fraction of sp³-hybridized carbons (Fsp3) is 0.273. The summed E-state index contributed by atoms with van der Waals surface area (Å²) >= 11 is 1.69. The average Bonchev–Trinajstić information content (AvgIpc) is 2.88. The molecule has 0 fully saturated rings. The topological polar surface area (TPSA) is 48.4 Å². The minimum absolute atomic E-state index is 0.498. The fourth-order valence-corrected chi connectivity index (χ4v) is 1.90. The van der Waals surface area contributed by atoms with Gasteiger partial charge >= 0.3 is 0 Å². The van der Waals surface area contributed by atoms with Gasteiger partial charge < -0.3 is 14.9 Å². The molecule has 2 heterocycles. The van der Waals surface area contributed by atoms with Gasteiger partial charge in [-0.05, 0) is 17.5 Å². The molecule has 2 aromatic rings. The van der Waals surface area contributed by atoms with E-state index in [-0.39, 0.29) is 0 Å². The van der Waals surface area contributed by atoms with Crippen LogP contribution in [0.2, 0.25) is 0 Å². The molecule has 2 rings (SSSR count). The highest BCUT2D eigenvalue weighted by molar-refractivity contribution is 7.09. The van der Waals surface area contributed by atoms with Crippen molar-refractivity contribution in [2.45, 2.75) is 19.8 Å². The predicted molar refractivity (Wildman–Crippen MR) is 59.4 cm³/mol. The quantitative estimate of drug-likeness (QED) is 0.847. The average molecular weight is 223 g/mol. The van der Waals surface area contributed by atoms with E-state index in [9.17, 15) is 0 Å². The standard InChI is InChI=1S/C11H13NO2S/c12-5-9-4-10(14-6-9)7-13-8-11-2-1-3-15-11/h1-4,6H,5,7-8,12H2. The van der Waals surface area contributed by atoms with Gasteiger partial charge in [0.25, 0.3) is 0 Å². The third kappa shape index (κ3) is 2.92. The van der Waals surface area contributed by atoms with E-state index in [4.69, 9.17) is 14.9 Å². The first-order chi connectivity index (χ1) is 7.38. The van der Waals surface area contributed by atoms with Gasteiger partial charge in [-0.3, -0.25) is 0 Å². The van der Waals surface area contributed by atoms with Gasteiger partial charge in [0.15, 0.2) is 0 Å². The molecule has 2 N–H and O–H groups in total. The highest BCUT2D eigenvalue weighted by atomic mass is 32.1. The van der Waals surface area contributed by atoms with Crippen LogP contribution in [0.15, 0.2) is 34.3 Å². The highest BCUT2D eigenvalue weighted by Gasteiger charge is 2.01. The van der Waals surface area contributed by atoms with Crippen LogP contribution in [0.1, 0.15) is 16.2 Å². The maximum atomic E-state index is 5.50. The normalized spacial score (nSPS) is 10.7. The summed E-state index contributed by atoms with van der Waals surface area (Å²) in [5, 5.41) is 2.04. The first-order valence-electron chi connectivity index (χ1n) is 4.75. The molecular weight excluding hydrogens is 210 g/mol. The number of ether oxygens (including phenoxy) is 1. The van der Waals surface area contributed by atoms with E-state index in [1.54, 1.807) is 17.6 Å². The number of rotatable bonds is 5. The third-order valence-corrected chi connectivity index (χ3v) is 2.86. The first kappa shape index (κ1) is 10.4. The van der Waals surface area contributed by atoms with Crippen LogP contribution in [-0.4, -0.2) is 0 Å². The predicted octanol–water partition coefficient (Wildman–Crippen LogP) is 2.52. The molecule has 0 amide bonds. The Bertz CT molecular complexity index is 394. The van der Waals surface area contributed by atoms with Crippen molar-refractivity contribution in [1.29, 1.82) is 0 Å². The van der Waals surface area contributed by atoms with E-state index in [2.05, 4.69) is 6.07 Å². The molecule has 15 heavy (non-hydrogen) atoms. The maximum Gasteiger partial charge on any atom is 0.129 e.